The minimum Gasteiger partial charge on any atom is -0.480 e. The minimum atomic E-state index is -1.27. The van der Waals surface area contributed by atoms with Crippen molar-refractivity contribution in [2.24, 2.45) is 22.2 Å². The van der Waals surface area contributed by atoms with Gasteiger partial charge in [-0.1, -0.05) is 30.3 Å². The number of carbonyl (C=O) groups excluding carboxylic acids is 3. The van der Waals surface area contributed by atoms with Gasteiger partial charge in [0.2, 0.25) is 17.7 Å². The fourth-order valence-corrected chi connectivity index (χ4v) is 3.79. The number of guanidine groups is 1. The fourth-order valence-electron chi connectivity index (χ4n) is 3.54. The van der Waals surface area contributed by atoms with E-state index in [0.29, 0.717) is 18.7 Å². The van der Waals surface area contributed by atoms with E-state index in [2.05, 4.69) is 43.5 Å². The Hall–Kier alpha value is -4.11. The Bertz CT molecular complexity index is 1110. The van der Waals surface area contributed by atoms with E-state index in [-0.39, 0.29) is 31.0 Å². The molecule has 0 saturated heterocycles. The van der Waals surface area contributed by atoms with Gasteiger partial charge in [-0.15, -0.1) is 0 Å². The third-order valence-corrected chi connectivity index (χ3v) is 5.99. The molecule has 1 aromatic heterocycles. The Morgan fingerprint density at radius 3 is 2.15 bits per heavy atom. The number of aromatic amines is 1. The summed E-state index contributed by atoms with van der Waals surface area (Å²) < 4.78 is 0. The van der Waals surface area contributed by atoms with E-state index in [1.807, 2.05) is 6.07 Å². The molecule has 0 bridgehead atoms. The summed E-state index contributed by atoms with van der Waals surface area (Å²) in [6.07, 6.45) is 3.72. The third kappa shape index (κ3) is 11.0. The first-order valence-corrected chi connectivity index (χ1v) is 12.8. The predicted octanol–water partition coefficient (Wildman–Crippen LogP) is -1.96. The van der Waals surface area contributed by atoms with Gasteiger partial charge in [0, 0.05) is 37.0 Å². The molecule has 2 aromatic rings. The average molecular weight is 562 g/mol. The van der Waals surface area contributed by atoms with Gasteiger partial charge < -0.3 is 43.2 Å². The van der Waals surface area contributed by atoms with Crippen molar-refractivity contribution in [2.75, 3.05) is 12.3 Å². The Morgan fingerprint density at radius 1 is 0.974 bits per heavy atom. The lowest BCUT2D eigenvalue weighted by molar-refractivity contribution is -0.141. The van der Waals surface area contributed by atoms with Crippen LogP contribution in [0.25, 0.3) is 0 Å². The van der Waals surface area contributed by atoms with Crippen molar-refractivity contribution in [3.05, 3.63) is 54.1 Å². The summed E-state index contributed by atoms with van der Waals surface area (Å²) in [5, 5.41) is 17.0. The maximum Gasteiger partial charge on any atom is 0.327 e. The first-order chi connectivity index (χ1) is 18.6. The van der Waals surface area contributed by atoms with Crippen LogP contribution >= 0.6 is 12.6 Å². The smallest absolute Gasteiger partial charge is 0.327 e. The van der Waals surface area contributed by atoms with Crippen LogP contribution in [0.5, 0.6) is 0 Å². The third-order valence-electron chi connectivity index (χ3n) is 5.63. The molecule has 14 nitrogen and oxygen atoms in total. The molecule has 0 saturated carbocycles. The molecule has 1 aromatic carbocycles. The molecule has 0 aliphatic rings. The number of amides is 3. The molecule has 0 spiro atoms. The summed E-state index contributed by atoms with van der Waals surface area (Å²) >= 11 is 3.96. The average Bonchev–Trinajstić information content (AvgIpc) is 3.42. The number of rotatable bonds is 16. The maximum absolute atomic E-state index is 13.4. The number of aliphatic carboxylic acids is 1. The number of thiol groups is 1. The molecule has 4 unspecified atom stereocenters. The molecule has 0 fully saturated rings. The van der Waals surface area contributed by atoms with E-state index in [9.17, 15) is 24.3 Å². The molecule has 2 rings (SSSR count). The second-order valence-electron chi connectivity index (χ2n) is 8.73. The number of aliphatic imine (C=N–C) groups is 1. The number of hydrogen-bond acceptors (Lipinski definition) is 8. The zero-order chi connectivity index (χ0) is 28.8. The molecule has 39 heavy (non-hydrogen) atoms. The molecule has 212 valence electrons. The Kier molecular flexibility index (Phi) is 12.8. The highest BCUT2D eigenvalue weighted by Crippen LogP contribution is 2.07. The van der Waals surface area contributed by atoms with Crippen molar-refractivity contribution in [1.82, 2.24) is 25.9 Å². The Labute approximate surface area is 231 Å². The molecule has 15 heteroatoms. The Morgan fingerprint density at radius 2 is 1.59 bits per heavy atom. The molecule has 1 heterocycles. The second-order valence-corrected chi connectivity index (χ2v) is 9.10. The van der Waals surface area contributed by atoms with Gasteiger partial charge >= 0.3 is 5.97 Å². The normalized spacial score (nSPS) is 13.8. The summed E-state index contributed by atoms with van der Waals surface area (Å²) in [6, 6.07) is 4.53. The zero-order valence-electron chi connectivity index (χ0n) is 21.2. The number of aromatic nitrogens is 2. The van der Waals surface area contributed by atoms with Crippen molar-refractivity contribution < 1.29 is 24.3 Å². The number of nitrogens with one attached hydrogen (secondary N) is 4. The van der Waals surface area contributed by atoms with E-state index in [0.717, 1.165) is 5.56 Å². The summed E-state index contributed by atoms with van der Waals surface area (Å²) in [4.78, 5) is 61.3. The van der Waals surface area contributed by atoms with Crippen molar-refractivity contribution in [3.8, 4) is 0 Å². The molecule has 3 amide bonds. The van der Waals surface area contributed by atoms with Crippen LogP contribution in [-0.2, 0) is 32.0 Å². The van der Waals surface area contributed by atoms with Crippen LogP contribution in [0, 0.1) is 0 Å². The first kappa shape index (κ1) is 31.1. The van der Waals surface area contributed by atoms with Crippen LogP contribution in [0.3, 0.4) is 0 Å². The Balaban J connectivity index is 2.19. The van der Waals surface area contributed by atoms with Crippen LogP contribution in [0.2, 0.25) is 0 Å². The SMILES string of the molecule is NC(N)=NCCCC(N)C(=O)NC(Cc1ccccc1)C(=O)NC(Cc1cnc[nH]1)C(=O)NC(CS)C(=O)O. The number of H-pyrrole nitrogens is 1. The summed E-state index contributed by atoms with van der Waals surface area (Å²) in [6.45, 7) is 0.297. The monoisotopic (exact) mass is 561 g/mol. The van der Waals surface area contributed by atoms with Gasteiger partial charge in [0.15, 0.2) is 5.96 Å². The predicted molar refractivity (Wildman–Crippen MR) is 148 cm³/mol. The van der Waals surface area contributed by atoms with Gasteiger partial charge in [-0.3, -0.25) is 19.4 Å². The van der Waals surface area contributed by atoms with Gasteiger partial charge in [-0.25, -0.2) is 9.78 Å². The van der Waals surface area contributed by atoms with Gasteiger partial charge in [0.05, 0.1) is 12.4 Å². The highest BCUT2D eigenvalue weighted by molar-refractivity contribution is 7.80. The van der Waals surface area contributed by atoms with Crippen LogP contribution in [-0.4, -0.2) is 81.2 Å². The molecule has 0 aliphatic carbocycles. The zero-order valence-corrected chi connectivity index (χ0v) is 22.1. The summed E-state index contributed by atoms with van der Waals surface area (Å²) in [5.41, 5.74) is 17.9. The minimum absolute atomic E-state index is 0.00715. The molecule has 11 N–H and O–H groups in total. The van der Waals surface area contributed by atoms with Crippen molar-refractivity contribution >= 4 is 42.3 Å². The van der Waals surface area contributed by atoms with E-state index >= 15 is 0 Å². The standard InChI is InChI=1S/C24H35N9O5S/c25-16(7-4-8-29-24(26)27)20(34)31-17(9-14-5-2-1-3-6-14)21(35)32-18(10-15-11-28-13-30-15)22(36)33-19(12-39)23(37)38/h1-3,5-6,11,13,16-19,39H,4,7-10,12,25H2,(H,28,30)(H,31,34)(H,32,35)(H,33,36)(H,37,38)(H4,26,27,29). The van der Waals surface area contributed by atoms with Crippen LogP contribution in [0.1, 0.15) is 24.1 Å². The molecular formula is C24H35N9O5S. The quantitative estimate of drug-likeness (QED) is 0.0477. The van der Waals surface area contributed by atoms with Crippen molar-refractivity contribution in [2.45, 2.75) is 49.9 Å². The van der Waals surface area contributed by atoms with E-state index in [1.54, 1.807) is 24.3 Å². The lowest BCUT2D eigenvalue weighted by atomic mass is 10.0. The lowest BCUT2D eigenvalue weighted by Gasteiger charge is -2.25. The molecular weight excluding hydrogens is 526 g/mol. The van der Waals surface area contributed by atoms with Crippen molar-refractivity contribution in [3.63, 3.8) is 0 Å². The van der Waals surface area contributed by atoms with Crippen LogP contribution in [0.15, 0.2) is 47.8 Å². The topological polar surface area (TPSA) is 244 Å². The number of benzene rings is 1. The van der Waals surface area contributed by atoms with Crippen LogP contribution in [0.4, 0.5) is 0 Å². The number of carbonyl (C=O) groups is 4. The van der Waals surface area contributed by atoms with Crippen molar-refractivity contribution in [1.29, 1.82) is 0 Å². The number of nitrogens with zero attached hydrogens (tertiary/aromatic N) is 2. The number of hydrogen-bond donors (Lipinski definition) is 9. The largest absolute Gasteiger partial charge is 0.480 e. The van der Waals surface area contributed by atoms with E-state index in [4.69, 9.17) is 17.2 Å². The highest BCUT2D eigenvalue weighted by atomic mass is 32.1. The summed E-state index contributed by atoms with van der Waals surface area (Å²) in [7, 11) is 0. The van der Waals surface area contributed by atoms with E-state index < -0.39 is 47.9 Å². The van der Waals surface area contributed by atoms with Crippen LogP contribution < -0.4 is 33.2 Å². The number of nitrogens with two attached hydrogens (primary N) is 3. The maximum atomic E-state index is 13.4. The van der Waals surface area contributed by atoms with Gasteiger partial charge in [-0.2, -0.15) is 12.6 Å². The number of imidazole rings is 1. The second kappa shape index (κ2) is 16.0. The summed E-state index contributed by atoms with van der Waals surface area (Å²) in [5.74, 6) is -3.44. The molecule has 4 atom stereocenters. The first-order valence-electron chi connectivity index (χ1n) is 12.2. The fraction of sp³-hybridized carbons (Fsp3) is 0.417. The van der Waals surface area contributed by atoms with Gasteiger partial charge in [-0.05, 0) is 18.4 Å². The van der Waals surface area contributed by atoms with E-state index in [1.165, 1.54) is 12.5 Å². The van der Waals surface area contributed by atoms with Gasteiger partial charge in [0.1, 0.15) is 18.1 Å². The lowest BCUT2D eigenvalue weighted by Crippen LogP contribution is -2.58. The number of carboxylic acids is 1. The molecule has 0 radical (unpaired) electrons. The highest BCUT2D eigenvalue weighted by Gasteiger charge is 2.30. The number of carboxylic acid groups (broad SMARTS) is 1. The van der Waals surface area contributed by atoms with Gasteiger partial charge in [0.25, 0.3) is 0 Å². The molecule has 0 aliphatic heterocycles.